The third kappa shape index (κ3) is 4.16. The van der Waals surface area contributed by atoms with E-state index >= 15 is 0 Å². The molecule has 23 heavy (non-hydrogen) atoms. The van der Waals surface area contributed by atoms with Gasteiger partial charge in [0.2, 0.25) is 5.91 Å². The summed E-state index contributed by atoms with van der Waals surface area (Å²) in [6.07, 6.45) is 4.53. The number of carbonyl (C=O) groups excluding carboxylic acids is 1. The van der Waals surface area contributed by atoms with E-state index in [0.29, 0.717) is 18.5 Å². The van der Waals surface area contributed by atoms with Gasteiger partial charge in [0.25, 0.3) is 0 Å². The number of alkyl halides is 2. The molecule has 2 heterocycles. The molecule has 1 amide bonds. The first-order valence-electron chi connectivity index (χ1n) is 7.80. The zero-order valence-electron chi connectivity index (χ0n) is 12.5. The van der Waals surface area contributed by atoms with Crippen LogP contribution in [0.25, 0.3) is 0 Å². The Labute approximate surface area is 132 Å². The van der Waals surface area contributed by atoms with Crippen molar-refractivity contribution in [2.45, 2.75) is 50.8 Å². The van der Waals surface area contributed by atoms with Crippen LogP contribution in [-0.4, -0.2) is 24.6 Å². The van der Waals surface area contributed by atoms with E-state index in [1.165, 1.54) is 6.07 Å². The van der Waals surface area contributed by atoms with Crippen LogP contribution in [0.15, 0.2) is 18.2 Å². The molecule has 0 aliphatic carbocycles. The predicted octanol–water partition coefficient (Wildman–Crippen LogP) is 3.29. The van der Waals surface area contributed by atoms with Gasteiger partial charge in [-0.1, -0.05) is 0 Å². The molecule has 1 aromatic rings. The molecule has 2 bridgehead atoms. The Morgan fingerprint density at radius 2 is 2.00 bits per heavy atom. The summed E-state index contributed by atoms with van der Waals surface area (Å²) in [5.41, 5.74) is 0.0635. The zero-order valence-corrected chi connectivity index (χ0v) is 12.5. The van der Waals surface area contributed by atoms with E-state index in [1.54, 1.807) is 0 Å². The largest absolute Gasteiger partial charge is 0.432 e. The van der Waals surface area contributed by atoms with Crippen LogP contribution in [-0.2, 0) is 4.79 Å². The van der Waals surface area contributed by atoms with Gasteiger partial charge in [-0.3, -0.25) is 4.79 Å². The number of piperidine rings is 1. The molecule has 0 saturated carbocycles. The van der Waals surface area contributed by atoms with Crippen LogP contribution in [0.4, 0.5) is 18.9 Å². The fourth-order valence-electron chi connectivity index (χ4n) is 3.60. The molecule has 1 aromatic carbocycles. The van der Waals surface area contributed by atoms with Crippen molar-refractivity contribution >= 4 is 11.6 Å². The second-order valence-corrected chi connectivity index (χ2v) is 6.25. The Morgan fingerprint density at radius 1 is 1.30 bits per heavy atom. The second kappa shape index (κ2) is 6.78. The number of ether oxygens (including phenoxy) is 1. The van der Waals surface area contributed by atoms with Crippen molar-refractivity contribution in [3.05, 3.63) is 24.0 Å². The van der Waals surface area contributed by atoms with Crippen LogP contribution in [0.5, 0.6) is 5.75 Å². The third-order valence-electron chi connectivity index (χ3n) is 4.48. The van der Waals surface area contributed by atoms with Crippen molar-refractivity contribution in [3.8, 4) is 5.75 Å². The summed E-state index contributed by atoms with van der Waals surface area (Å²) in [4.78, 5) is 12.2. The maximum atomic E-state index is 13.2. The average molecular weight is 328 g/mol. The summed E-state index contributed by atoms with van der Waals surface area (Å²) in [6.45, 7) is -3.08. The zero-order chi connectivity index (χ0) is 16.4. The summed E-state index contributed by atoms with van der Waals surface area (Å²) in [6, 6.07) is 4.13. The normalized spacial score (nSPS) is 26.3. The first kappa shape index (κ1) is 16.1. The minimum Gasteiger partial charge on any atom is -0.432 e. The molecule has 7 heteroatoms. The third-order valence-corrected chi connectivity index (χ3v) is 4.48. The lowest BCUT2D eigenvalue weighted by molar-refractivity contribution is -0.117. The number of fused-ring (bicyclic) bond motifs is 2. The maximum absolute atomic E-state index is 13.2. The van der Waals surface area contributed by atoms with E-state index in [2.05, 4.69) is 15.4 Å². The Hall–Kier alpha value is -1.76. The highest BCUT2D eigenvalue weighted by atomic mass is 19.3. The maximum Gasteiger partial charge on any atom is 0.387 e. The molecular weight excluding hydrogens is 309 g/mol. The fourth-order valence-corrected chi connectivity index (χ4v) is 3.60. The van der Waals surface area contributed by atoms with Crippen molar-refractivity contribution in [3.63, 3.8) is 0 Å². The molecule has 126 valence electrons. The topological polar surface area (TPSA) is 50.4 Å². The molecule has 2 unspecified atom stereocenters. The van der Waals surface area contributed by atoms with Crippen LogP contribution in [0.1, 0.15) is 32.1 Å². The van der Waals surface area contributed by atoms with Crippen molar-refractivity contribution in [1.29, 1.82) is 0 Å². The fraction of sp³-hybridized carbons (Fsp3) is 0.562. The first-order valence-corrected chi connectivity index (χ1v) is 7.80. The second-order valence-electron chi connectivity index (χ2n) is 6.25. The molecule has 0 radical (unpaired) electrons. The molecule has 3 rings (SSSR count). The lowest BCUT2D eigenvalue weighted by atomic mass is 9.89. The number of hydrogen-bond acceptors (Lipinski definition) is 3. The highest BCUT2D eigenvalue weighted by molar-refractivity contribution is 5.92. The summed E-state index contributed by atoms with van der Waals surface area (Å²) in [5, 5.41) is 6.06. The highest BCUT2D eigenvalue weighted by Crippen LogP contribution is 2.33. The quantitative estimate of drug-likeness (QED) is 0.872. The smallest absolute Gasteiger partial charge is 0.387 e. The number of carbonyl (C=O) groups is 1. The molecule has 2 aliphatic rings. The number of hydrogen-bond donors (Lipinski definition) is 2. The average Bonchev–Trinajstić information content (AvgIpc) is 2.80. The van der Waals surface area contributed by atoms with Crippen molar-refractivity contribution in [1.82, 2.24) is 5.32 Å². The standard InChI is InChI=1S/C16H19F3N2O2/c17-10-1-4-13(14(8-10)23-16(18)19)21-15(22)7-9-5-11-2-3-12(6-9)20-11/h1,4,8-9,11-12,16,20H,2-3,5-7H2,(H,21,22). The van der Waals surface area contributed by atoms with Crippen molar-refractivity contribution in [2.75, 3.05) is 5.32 Å². The molecule has 2 saturated heterocycles. The molecule has 4 nitrogen and oxygen atoms in total. The SMILES string of the molecule is O=C(CC1CC2CCC(C1)N2)Nc1ccc(F)cc1OC(F)F. The molecule has 2 aliphatic heterocycles. The van der Waals surface area contributed by atoms with Crippen LogP contribution < -0.4 is 15.4 Å². The van der Waals surface area contributed by atoms with Gasteiger partial charge in [0.05, 0.1) is 5.69 Å². The molecule has 0 spiro atoms. The van der Waals surface area contributed by atoms with E-state index in [4.69, 9.17) is 0 Å². The van der Waals surface area contributed by atoms with Gasteiger partial charge in [-0.05, 0) is 43.7 Å². The van der Waals surface area contributed by atoms with Crippen LogP contribution >= 0.6 is 0 Å². The number of rotatable bonds is 5. The lowest BCUT2D eigenvalue weighted by Crippen LogP contribution is -2.39. The van der Waals surface area contributed by atoms with Gasteiger partial charge in [-0.15, -0.1) is 0 Å². The van der Waals surface area contributed by atoms with E-state index in [0.717, 1.165) is 37.8 Å². The van der Waals surface area contributed by atoms with Crippen LogP contribution in [0.3, 0.4) is 0 Å². The van der Waals surface area contributed by atoms with E-state index in [-0.39, 0.29) is 23.3 Å². The number of halogens is 3. The molecule has 2 N–H and O–H groups in total. The Bertz CT molecular complexity index is 570. The number of benzene rings is 1. The lowest BCUT2D eigenvalue weighted by Gasteiger charge is -2.28. The summed E-state index contributed by atoms with van der Waals surface area (Å²) < 4.78 is 42.2. The molecule has 2 fully saturated rings. The monoisotopic (exact) mass is 328 g/mol. The van der Waals surface area contributed by atoms with Crippen molar-refractivity contribution < 1.29 is 22.7 Å². The molecule has 2 atom stereocenters. The minimum absolute atomic E-state index is 0.0635. The minimum atomic E-state index is -3.08. The van der Waals surface area contributed by atoms with Gasteiger partial charge >= 0.3 is 6.61 Å². The van der Waals surface area contributed by atoms with E-state index in [1.807, 2.05) is 0 Å². The number of amides is 1. The van der Waals surface area contributed by atoms with Gasteiger partial charge < -0.3 is 15.4 Å². The van der Waals surface area contributed by atoms with E-state index in [9.17, 15) is 18.0 Å². The van der Waals surface area contributed by atoms with Gasteiger partial charge in [0.1, 0.15) is 5.82 Å². The number of anilines is 1. The van der Waals surface area contributed by atoms with Crippen molar-refractivity contribution in [2.24, 2.45) is 5.92 Å². The summed E-state index contributed by atoms with van der Waals surface area (Å²) in [7, 11) is 0. The Balaban J connectivity index is 1.61. The summed E-state index contributed by atoms with van der Waals surface area (Å²) in [5.74, 6) is -1.04. The van der Waals surface area contributed by atoms with Gasteiger partial charge in [-0.25, -0.2) is 4.39 Å². The number of nitrogens with one attached hydrogen (secondary N) is 2. The van der Waals surface area contributed by atoms with Crippen LogP contribution in [0, 0.1) is 11.7 Å². The van der Waals surface area contributed by atoms with Crippen LogP contribution in [0.2, 0.25) is 0 Å². The Kier molecular flexibility index (Phi) is 4.75. The van der Waals surface area contributed by atoms with E-state index < -0.39 is 12.4 Å². The van der Waals surface area contributed by atoms with Gasteiger partial charge in [0, 0.05) is 24.6 Å². The molecular formula is C16H19F3N2O2. The molecule has 0 aromatic heterocycles. The van der Waals surface area contributed by atoms with Gasteiger partial charge in [0.15, 0.2) is 5.75 Å². The Morgan fingerprint density at radius 3 is 2.65 bits per heavy atom. The highest BCUT2D eigenvalue weighted by Gasteiger charge is 2.34. The predicted molar refractivity (Wildman–Crippen MR) is 78.9 cm³/mol. The summed E-state index contributed by atoms with van der Waals surface area (Å²) >= 11 is 0. The first-order chi connectivity index (χ1) is 11.0. The van der Waals surface area contributed by atoms with Gasteiger partial charge in [-0.2, -0.15) is 8.78 Å².